The Morgan fingerprint density at radius 2 is 2.00 bits per heavy atom. The highest BCUT2D eigenvalue weighted by Crippen LogP contribution is 2.45. The summed E-state index contributed by atoms with van der Waals surface area (Å²) in [5.41, 5.74) is 9.77. The molecule has 3 N–H and O–H groups in total. The van der Waals surface area contributed by atoms with Crippen molar-refractivity contribution in [1.82, 2.24) is 10.3 Å². The fourth-order valence-electron chi connectivity index (χ4n) is 3.53. The van der Waals surface area contributed by atoms with E-state index in [0.717, 1.165) is 11.3 Å². The summed E-state index contributed by atoms with van der Waals surface area (Å²) in [4.78, 5) is 27.6. The van der Waals surface area contributed by atoms with E-state index >= 15 is 0 Å². The Balaban J connectivity index is 2.30. The fraction of sp³-hybridized carbons (Fsp3) is 0.200. The van der Waals surface area contributed by atoms with Crippen LogP contribution in [0.2, 0.25) is 0 Å². The SMILES string of the molecule is COC(=O)C1=C(C)NC(C)=C(c2cccnc2N)C1c1cccc([N+](=O)[O-])c1. The third-order valence-electron chi connectivity index (χ3n) is 4.71. The number of anilines is 1. The van der Waals surface area contributed by atoms with Gasteiger partial charge in [-0.2, -0.15) is 0 Å². The number of dihydropyridines is 1. The number of nitrogens with two attached hydrogens (primary N) is 1. The molecule has 0 spiro atoms. The maximum atomic E-state index is 12.6. The van der Waals surface area contributed by atoms with Crippen LogP contribution >= 0.6 is 0 Å². The number of nitrogens with one attached hydrogen (secondary N) is 1. The Labute approximate surface area is 161 Å². The highest BCUT2D eigenvalue weighted by atomic mass is 16.6. The number of rotatable bonds is 4. The van der Waals surface area contributed by atoms with E-state index in [9.17, 15) is 14.9 Å². The zero-order valence-corrected chi connectivity index (χ0v) is 15.7. The van der Waals surface area contributed by atoms with E-state index in [0.29, 0.717) is 28.2 Å². The van der Waals surface area contributed by atoms with Crippen LogP contribution in [0.15, 0.2) is 59.6 Å². The van der Waals surface area contributed by atoms with Crippen molar-refractivity contribution in [2.75, 3.05) is 12.8 Å². The Bertz CT molecular complexity index is 1030. The van der Waals surface area contributed by atoms with Gasteiger partial charge in [-0.25, -0.2) is 9.78 Å². The molecule has 8 heteroatoms. The minimum Gasteiger partial charge on any atom is -0.466 e. The molecule has 1 aliphatic heterocycles. The van der Waals surface area contributed by atoms with Crippen molar-refractivity contribution in [2.45, 2.75) is 19.8 Å². The number of carbonyl (C=O) groups excluding carboxylic acids is 1. The second-order valence-corrected chi connectivity index (χ2v) is 6.42. The molecule has 1 unspecified atom stereocenters. The normalized spacial score (nSPS) is 16.6. The summed E-state index contributed by atoms with van der Waals surface area (Å²) < 4.78 is 5.00. The first-order valence-electron chi connectivity index (χ1n) is 8.57. The quantitative estimate of drug-likeness (QED) is 0.475. The molecule has 0 fully saturated rings. The summed E-state index contributed by atoms with van der Waals surface area (Å²) in [6, 6.07) is 9.78. The number of nitrogen functional groups attached to an aromatic ring is 1. The molecule has 0 amide bonds. The molecule has 0 bridgehead atoms. The Hall–Kier alpha value is -3.68. The van der Waals surface area contributed by atoms with Gasteiger partial charge in [-0.1, -0.05) is 12.1 Å². The molecule has 1 aliphatic rings. The van der Waals surface area contributed by atoms with E-state index in [1.807, 2.05) is 13.0 Å². The summed E-state index contributed by atoms with van der Waals surface area (Å²) >= 11 is 0. The number of allylic oxidation sites excluding steroid dienone is 3. The zero-order valence-electron chi connectivity index (χ0n) is 15.7. The molecule has 3 rings (SSSR count). The lowest BCUT2D eigenvalue weighted by Crippen LogP contribution is -2.28. The molecular weight excluding hydrogens is 360 g/mol. The number of hydrogen-bond acceptors (Lipinski definition) is 7. The number of nitrogens with zero attached hydrogens (tertiary/aromatic N) is 2. The van der Waals surface area contributed by atoms with Crippen LogP contribution in [-0.2, 0) is 9.53 Å². The third-order valence-corrected chi connectivity index (χ3v) is 4.71. The lowest BCUT2D eigenvalue weighted by Gasteiger charge is -2.32. The van der Waals surface area contributed by atoms with Gasteiger partial charge >= 0.3 is 5.97 Å². The van der Waals surface area contributed by atoms with Crippen LogP contribution in [0.1, 0.15) is 30.9 Å². The average Bonchev–Trinajstić information content (AvgIpc) is 2.68. The number of aromatic nitrogens is 1. The van der Waals surface area contributed by atoms with Crippen LogP contribution in [0.4, 0.5) is 11.5 Å². The molecule has 2 heterocycles. The number of carbonyl (C=O) groups is 1. The van der Waals surface area contributed by atoms with Gasteiger partial charge < -0.3 is 15.8 Å². The van der Waals surface area contributed by atoms with Crippen molar-refractivity contribution in [1.29, 1.82) is 0 Å². The number of non-ortho nitro benzene ring substituents is 1. The largest absolute Gasteiger partial charge is 0.466 e. The smallest absolute Gasteiger partial charge is 0.336 e. The van der Waals surface area contributed by atoms with Gasteiger partial charge in [0.25, 0.3) is 5.69 Å². The molecule has 0 radical (unpaired) electrons. The summed E-state index contributed by atoms with van der Waals surface area (Å²) in [7, 11) is 1.30. The number of ether oxygens (including phenoxy) is 1. The van der Waals surface area contributed by atoms with E-state index < -0.39 is 16.8 Å². The minimum absolute atomic E-state index is 0.0611. The van der Waals surface area contributed by atoms with Gasteiger partial charge in [0.1, 0.15) is 5.82 Å². The number of nitro benzene ring substituents is 1. The number of hydrogen-bond donors (Lipinski definition) is 2. The molecule has 0 saturated carbocycles. The lowest BCUT2D eigenvalue weighted by atomic mass is 9.77. The Kier molecular flexibility index (Phi) is 5.12. The van der Waals surface area contributed by atoms with E-state index in [-0.39, 0.29) is 5.69 Å². The van der Waals surface area contributed by atoms with E-state index in [4.69, 9.17) is 10.5 Å². The Morgan fingerprint density at radius 3 is 2.64 bits per heavy atom. The highest BCUT2D eigenvalue weighted by Gasteiger charge is 2.35. The molecule has 144 valence electrons. The van der Waals surface area contributed by atoms with Crippen LogP contribution < -0.4 is 11.1 Å². The number of esters is 1. The van der Waals surface area contributed by atoms with Crippen molar-refractivity contribution in [3.63, 3.8) is 0 Å². The average molecular weight is 380 g/mol. The van der Waals surface area contributed by atoms with Gasteiger partial charge in [0, 0.05) is 41.2 Å². The van der Waals surface area contributed by atoms with Gasteiger partial charge in [-0.3, -0.25) is 10.1 Å². The topological polar surface area (TPSA) is 120 Å². The molecule has 8 nitrogen and oxygen atoms in total. The molecule has 0 saturated heterocycles. The lowest BCUT2D eigenvalue weighted by molar-refractivity contribution is -0.384. The van der Waals surface area contributed by atoms with E-state index in [1.54, 1.807) is 31.3 Å². The number of methoxy groups -OCH3 is 1. The van der Waals surface area contributed by atoms with Gasteiger partial charge in [-0.05, 0) is 37.1 Å². The summed E-state index contributed by atoms with van der Waals surface area (Å²) in [6.45, 7) is 3.63. The van der Waals surface area contributed by atoms with E-state index in [1.165, 1.54) is 19.2 Å². The molecule has 0 aliphatic carbocycles. The molecule has 28 heavy (non-hydrogen) atoms. The van der Waals surface area contributed by atoms with Crippen LogP contribution in [0.3, 0.4) is 0 Å². The fourth-order valence-corrected chi connectivity index (χ4v) is 3.53. The number of nitro groups is 1. The Morgan fingerprint density at radius 1 is 1.25 bits per heavy atom. The summed E-state index contributed by atoms with van der Waals surface area (Å²) in [6.07, 6.45) is 1.58. The van der Waals surface area contributed by atoms with Crippen LogP contribution in [-0.4, -0.2) is 23.0 Å². The van der Waals surface area contributed by atoms with Crippen molar-refractivity contribution in [3.05, 3.63) is 80.8 Å². The maximum Gasteiger partial charge on any atom is 0.336 e. The molecule has 2 aromatic rings. The van der Waals surface area contributed by atoms with Crippen LogP contribution in [0, 0.1) is 10.1 Å². The zero-order chi connectivity index (χ0) is 20.4. The number of pyridine rings is 1. The van der Waals surface area contributed by atoms with Crippen LogP contribution in [0.5, 0.6) is 0 Å². The predicted molar refractivity (Wildman–Crippen MR) is 105 cm³/mol. The van der Waals surface area contributed by atoms with Gasteiger partial charge in [0.05, 0.1) is 17.6 Å². The predicted octanol–water partition coefficient (Wildman–Crippen LogP) is 3.14. The number of benzene rings is 1. The second-order valence-electron chi connectivity index (χ2n) is 6.42. The van der Waals surface area contributed by atoms with E-state index in [2.05, 4.69) is 10.3 Å². The second kappa shape index (κ2) is 7.51. The van der Waals surface area contributed by atoms with Gasteiger partial charge in [0.15, 0.2) is 0 Å². The van der Waals surface area contributed by atoms with Crippen molar-refractivity contribution >= 4 is 23.0 Å². The standard InChI is InChI=1S/C20H20N4O4/c1-11-16(15-8-5-9-22-19(15)21)18(17(12(2)23-11)20(25)28-3)13-6-4-7-14(10-13)24(26)27/h4-10,18,23H,1-3H3,(H2,21,22). The van der Waals surface area contributed by atoms with Crippen molar-refractivity contribution < 1.29 is 14.5 Å². The summed E-state index contributed by atoms with van der Waals surface area (Å²) in [5, 5.41) is 14.5. The van der Waals surface area contributed by atoms with Crippen LogP contribution in [0.25, 0.3) is 5.57 Å². The van der Waals surface area contributed by atoms with Crippen molar-refractivity contribution in [2.24, 2.45) is 0 Å². The first-order chi connectivity index (χ1) is 13.3. The minimum atomic E-state index is -0.597. The molecule has 1 aromatic heterocycles. The molecule has 1 atom stereocenters. The first kappa shape index (κ1) is 19.1. The van der Waals surface area contributed by atoms with Crippen molar-refractivity contribution in [3.8, 4) is 0 Å². The van der Waals surface area contributed by atoms with Gasteiger partial charge in [-0.15, -0.1) is 0 Å². The molecular formula is C20H20N4O4. The monoisotopic (exact) mass is 380 g/mol. The maximum absolute atomic E-state index is 12.6. The third kappa shape index (κ3) is 3.32. The van der Waals surface area contributed by atoms with Gasteiger partial charge in [0.2, 0.25) is 0 Å². The first-order valence-corrected chi connectivity index (χ1v) is 8.57. The highest BCUT2D eigenvalue weighted by molar-refractivity contribution is 5.98. The summed E-state index contributed by atoms with van der Waals surface area (Å²) in [5.74, 6) is -0.813. The molecule has 1 aromatic carbocycles.